The molecule has 1 N–H and O–H groups in total. The molecule has 3 heteroatoms. The molecular formula is C22H44N2O. The molecule has 0 aromatic carbocycles. The van der Waals surface area contributed by atoms with E-state index in [1.807, 2.05) is 6.21 Å². The molecule has 0 spiro atoms. The van der Waals surface area contributed by atoms with Crippen molar-refractivity contribution in [2.75, 3.05) is 19.7 Å². The summed E-state index contributed by atoms with van der Waals surface area (Å²) in [5.74, 6) is 0. The summed E-state index contributed by atoms with van der Waals surface area (Å²) in [5, 5.41) is 9.05. The Labute approximate surface area is 157 Å². The number of hydrogen-bond acceptors (Lipinski definition) is 3. The third kappa shape index (κ3) is 12.6. The van der Waals surface area contributed by atoms with E-state index in [4.69, 9.17) is 5.11 Å². The predicted molar refractivity (Wildman–Crippen MR) is 110 cm³/mol. The molecule has 0 saturated carbocycles. The van der Waals surface area contributed by atoms with Gasteiger partial charge in [-0.1, -0.05) is 96.8 Å². The molecule has 1 heterocycles. The summed E-state index contributed by atoms with van der Waals surface area (Å²) in [7, 11) is 0. The molecule has 0 amide bonds. The van der Waals surface area contributed by atoms with Crippen molar-refractivity contribution in [1.29, 1.82) is 0 Å². The summed E-state index contributed by atoms with van der Waals surface area (Å²) >= 11 is 0. The predicted octanol–water partition coefficient (Wildman–Crippen LogP) is 5.95. The summed E-state index contributed by atoms with van der Waals surface area (Å²) in [6.45, 7) is 4.23. The van der Waals surface area contributed by atoms with Crippen LogP contribution in [0.2, 0.25) is 0 Å². The monoisotopic (exact) mass is 352 g/mol. The Balaban J connectivity index is 1.75. The second-order valence-electron chi connectivity index (χ2n) is 7.77. The summed E-state index contributed by atoms with van der Waals surface area (Å²) in [6, 6.07) is 0. The molecule has 0 aromatic rings. The van der Waals surface area contributed by atoms with E-state index in [9.17, 15) is 0 Å². The molecule has 1 rings (SSSR count). The van der Waals surface area contributed by atoms with E-state index in [-0.39, 0.29) is 6.61 Å². The van der Waals surface area contributed by atoms with Crippen LogP contribution in [0.25, 0.3) is 0 Å². The summed E-state index contributed by atoms with van der Waals surface area (Å²) in [6.07, 6.45) is 24.7. The lowest BCUT2D eigenvalue weighted by Crippen LogP contribution is -2.32. The molecule has 0 radical (unpaired) electrons. The van der Waals surface area contributed by atoms with Crippen LogP contribution >= 0.6 is 0 Å². The van der Waals surface area contributed by atoms with Gasteiger partial charge in [0.05, 0.1) is 6.61 Å². The molecule has 3 nitrogen and oxygen atoms in total. The Kier molecular flexibility index (Phi) is 15.4. The molecule has 0 saturated heterocycles. The highest BCUT2D eigenvalue weighted by molar-refractivity contribution is 5.62. The van der Waals surface area contributed by atoms with Crippen LogP contribution in [-0.4, -0.2) is 42.1 Å². The molecule has 148 valence electrons. The minimum absolute atomic E-state index is 0.249. The lowest BCUT2D eigenvalue weighted by Gasteiger charge is -2.21. The van der Waals surface area contributed by atoms with Gasteiger partial charge in [-0.25, -0.2) is 0 Å². The molecule has 1 atom stereocenters. The second-order valence-corrected chi connectivity index (χ2v) is 7.77. The summed E-state index contributed by atoms with van der Waals surface area (Å²) in [4.78, 5) is 6.81. The molecule has 0 bridgehead atoms. The molecule has 1 unspecified atom stereocenters. The maximum atomic E-state index is 9.05. The number of aliphatic imine (C=N–C) groups is 1. The maximum absolute atomic E-state index is 9.05. The Morgan fingerprint density at radius 1 is 0.800 bits per heavy atom. The first-order valence-corrected chi connectivity index (χ1v) is 11.2. The van der Waals surface area contributed by atoms with Crippen molar-refractivity contribution < 1.29 is 5.11 Å². The van der Waals surface area contributed by atoms with Crippen molar-refractivity contribution in [2.24, 2.45) is 4.99 Å². The molecule has 1 aliphatic heterocycles. The highest BCUT2D eigenvalue weighted by atomic mass is 16.3. The van der Waals surface area contributed by atoms with Crippen molar-refractivity contribution in [3.8, 4) is 0 Å². The minimum Gasteiger partial charge on any atom is -0.395 e. The van der Waals surface area contributed by atoms with E-state index in [0.29, 0.717) is 6.17 Å². The van der Waals surface area contributed by atoms with Gasteiger partial charge in [-0.2, -0.15) is 0 Å². The van der Waals surface area contributed by atoms with E-state index in [0.717, 1.165) is 19.5 Å². The lowest BCUT2D eigenvalue weighted by atomic mass is 10.0. The Bertz CT molecular complexity index is 306. The van der Waals surface area contributed by atoms with Gasteiger partial charge in [-0.3, -0.25) is 9.89 Å². The van der Waals surface area contributed by atoms with E-state index in [2.05, 4.69) is 16.8 Å². The largest absolute Gasteiger partial charge is 0.395 e. The normalized spacial score (nSPS) is 17.6. The Hall–Kier alpha value is -0.410. The van der Waals surface area contributed by atoms with Crippen molar-refractivity contribution in [1.82, 2.24) is 4.90 Å². The first-order valence-electron chi connectivity index (χ1n) is 11.2. The highest BCUT2D eigenvalue weighted by Crippen LogP contribution is 2.16. The quantitative estimate of drug-likeness (QED) is 0.309. The van der Waals surface area contributed by atoms with Gasteiger partial charge in [-0.15, -0.1) is 0 Å². The van der Waals surface area contributed by atoms with Crippen LogP contribution in [0.4, 0.5) is 0 Å². The number of unbranched alkanes of at least 4 members (excludes halogenated alkanes) is 14. The van der Waals surface area contributed by atoms with E-state index in [1.165, 1.54) is 96.3 Å². The van der Waals surface area contributed by atoms with Crippen LogP contribution in [-0.2, 0) is 0 Å². The first kappa shape index (κ1) is 22.6. The molecule has 0 fully saturated rings. The molecule has 1 aliphatic rings. The third-order valence-electron chi connectivity index (χ3n) is 5.47. The summed E-state index contributed by atoms with van der Waals surface area (Å²) in [5.41, 5.74) is 0. The highest BCUT2D eigenvalue weighted by Gasteiger charge is 2.19. The summed E-state index contributed by atoms with van der Waals surface area (Å²) < 4.78 is 0. The molecule has 0 aromatic heterocycles. The van der Waals surface area contributed by atoms with Crippen LogP contribution in [0.3, 0.4) is 0 Å². The smallest absolute Gasteiger partial charge is 0.102 e. The fraction of sp³-hybridized carbons (Fsp3) is 0.955. The fourth-order valence-corrected chi connectivity index (χ4v) is 3.81. The van der Waals surface area contributed by atoms with Crippen molar-refractivity contribution >= 4 is 6.21 Å². The van der Waals surface area contributed by atoms with Gasteiger partial charge in [0.15, 0.2) is 0 Å². The number of β-amino-alcohol motifs (C(OH)–C–C–N with tert-alkyl or cyclic N) is 1. The van der Waals surface area contributed by atoms with E-state index >= 15 is 0 Å². The Morgan fingerprint density at radius 2 is 1.28 bits per heavy atom. The van der Waals surface area contributed by atoms with Gasteiger partial charge >= 0.3 is 0 Å². The number of nitrogens with zero attached hydrogens (tertiary/aromatic N) is 2. The minimum atomic E-state index is 0.249. The molecule has 0 aliphatic carbocycles. The van der Waals surface area contributed by atoms with Gasteiger partial charge in [0, 0.05) is 19.3 Å². The zero-order valence-corrected chi connectivity index (χ0v) is 16.9. The van der Waals surface area contributed by atoms with Crippen LogP contribution < -0.4 is 0 Å². The number of aliphatic hydroxyl groups excluding tert-OH is 1. The SMILES string of the molecule is CCCCCCCCCCCCCCCCCC1N=CCN1CCO. The van der Waals surface area contributed by atoms with Crippen LogP contribution in [0.15, 0.2) is 4.99 Å². The van der Waals surface area contributed by atoms with Crippen molar-refractivity contribution in [2.45, 2.75) is 116 Å². The zero-order chi connectivity index (χ0) is 18.0. The topological polar surface area (TPSA) is 35.8 Å². The number of hydrogen-bond donors (Lipinski definition) is 1. The maximum Gasteiger partial charge on any atom is 0.102 e. The average Bonchev–Trinajstić information content (AvgIpc) is 3.06. The molecular weight excluding hydrogens is 308 g/mol. The van der Waals surface area contributed by atoms with Crippen molar-refractivity contribution in [3.63, 3.8) is 0 Å². The van der Waals surface area contributed by atoms with Crippen LogP contribution in [0.1, 0.15) is 110 Å². The third-order valence-corrected chi connectivity index (χ3v) is 5.47. The van der Waals surface area contributed by atoms with Gasteiger partial charge in [0.1, 0.15) is 6.17 Å². The van der Waals surface area contributed by atoms with Gasteiger partial charge in [0.2, 0.25) is 0 Å². The van der Waals surface area contributed by atoms with Gasteiger partial charge in [0.25, 0.3) is 0 Å². The van der Waals surface area contributed by atoms with Gasteiger partial charge < -0.3 is 5.11 Å². The second kappa shape index (κ2) is 17.0. The average molecular weight is 353 g/mol. The van der Waals surface area contributed by atoms with Crippen LogP contribution in [0, 0.1) is 0 Å². The van der Waals surface area contributed by atoms with E-state index < -0.39 is 0 Å². The number of aliphatic hydroxyl groups is 1. The Morgan fingerprint density at radius 3 is 1.76 bits per heavy atom. The fourth-order valence-electron chi connectivity index (χ4n) is 3.81. The molecule has 25 heavy (non-hydrogen) atoms. The van der Waals surface area contributed by atoms with Crippen LogP contribution in [0.5, 0.6) is 0 Å². The lowest BCUT2D eigenvalue weighted by molar-refractivity contribution is 0.176. The first-order chi connectivity index (χ1) is 12.4. The van der Waals surface area contributed by atoms with Gasteiger partial charge in [-0.05, 0) is 12.8 Å². The zero-order valence-electron chi connectivity index (χ0n) is 16.9. The standard InChI is InChI=1S/C22H44N2O/c1-2-3-4-5-6-7-8-9-10-11-12-13-14-15-16-17-22-23-18-19-24(22)20-21-25/h18,22,25H,2-17,19-21H2,1H3. The van der Waals surface area contributed by atoms with Crippen molar-refractivity contribution in [3.05, 3.63) is 0 Å². The van der Waals surface area contributed by atoms with E-state index in [1.54, 1.807) is 0 Å². The number of rotatable bonds is 18.